The molecule has 0 amide bonds. The molecule has 0 fully saturated rings. The van der Waals surface area contributed by atoms with E-state index >= 15 is 0 Å². The van der Waals surface area contributed by atoms with E-state index in [2.05, 4.69) is 27.9 Å². The van der Waals surface area contributed by atoms with E-state index < -0.39 is 0 Å². The van der Waals surface area contributed by atoms with Gasteiger partial charge < -0.3 is 15.5 Å². The average Bonchev–Trinajstić information content (AvgIpc) is 2.47. The Hall–Kier alpha value is -2.48. The van der Waals surface area contributed by atoms with Crippen LogP contribution < -0.4 is 15.5 Å². The van der Waals surface area contributed by atoms with Crippen molar-refractivity contribution < 1.29 is 0 Å². The molecule has 1 aliphatic rings. The van der Waals surface area contributed by atoms with Crippen molar-refractivity contribution in [1.29, 1.82) is 5.26 Å². The highest BCUT2D eigenvalue weighted by molar-refractivity contribution is 6.11. The van der Waals surface area contributed by atoms with Crippen molar-refractivity contribution in [1.82, 2.24) is 0 Å². The molecule has 1 aromatic rings. The summed E-state index contributed by atoms with van der Waals surface area (Å²) in [5.74, 6) is 0. The van der Waals surface area contributed by atoms with Crippen molar-refractivity contribution in [2.45, 2.75) is 0 Å². The van der Waals surface area contributed by atoms with Crippen LogP contribution in [-0.4, -0.2) is 40.4 Å². The van der Waals surface area contributed by atoms with Gasteiger partial charge in [0.1, 0.15) is 0 Å². The summed E-state index contributed by atoms with van der Waals surface area (Å²) < 4.78 is 0. The molecular formula is C15H19N5. The maximum absolute atomic E-state index is 9.39. The first-order valence-electron chi connectivity index (χ1n) is 6.47. The summed E-state index contributed by atoms with van der Waals surface area (Å²) in [4.78, 5) is 8.36. The van der Waals surface area contributed by atoms with Gasteiger partial charge in [-0.25, -0.2) is 0 Å². The SMILES string of the molecule is CN=CC(=CN)c1cc2c(cc1C#N)N(C)CCN2C. The number of likely N-dealkylation sites (N-methyl/N-ethyl adjacent to an activating group) is 2. The van der Waals surface area contributed by atoms with E-state index in [1.54, 1.807) is 13.3 Å². The zero-order valence-corrected chi connectivity index (χ0v) is 12.1. The van der Waals surface area contributed by atoms with Gasteiger partial charge in [0.25, 0.3) is 0 Å². The van der Waals surface area contributed by atoms with Gasteiger partial charge in [-0.15, -0.1) is 0 Å². The number of aliphatic imine (C=N–C) groups is 1. The number of nitrogens with two attached hydrogens (primary N) is 1. The molecule has 0 saturated carbocycles. The van der Waals surface area contributed by atoms with Crippen LogP contribution in [0.4, 0.5) is 11.4 Å². The molecule has 2 N–H and O–H groups in total. The first kappa shape index (κ1) is 13.9. The molecule has 0 unspecified atom stereocenters. The second-order valence-electron chi connectivity index (χ2n) is 4.85. The highest BCUT2D eigenvalue weighted by atomic mass is 15.2. The molecule has 5 heteroatoms. The number of benzene rings is 1. The lowest BCUT2D eigenvalue weighted by atomic mass is 9.98. The van der Waals surface area contributed by atoms with Crippen LogP contribution in [0.25, 0.3) is 5.57 Å². The number of nitrogens with zero attached hydrogens (tertiary/aromatic N) is 4. The van der Waals surface area contributed by atoms with Crippen LogP contribution in [0, 0.1) is 11.3 Å². The Labute approximate surface area is 119 Å². The quantitative estimate of drug-likeness (QED) is 0.825. The predicted molar refractivity (Wildman–Crippen MR) is 84.3 cm³/mol. The van der Waals surface area contributed by atoms with Crippen LogP contribution in [-0.2, 0) is 0 Å². The molecule has 1 aliphatic heterocycles. The van der Waals surface area contributed by atoms with Gasteiger partial charge in [0, 0.05) is 57.8 Å². The molecule has 0 radical (unpaired) electrons. The number of fused-ring (bicyclic) bond motifs is 1. The number of hydrogen-bond acceptors (Lipinski definition) is 5. The Kier molecular flexibility index (Phi) is 3.94. The maximum Gasteiger partial charge on any atom is 0.0999 e. The number of allylic oxidation sites excluding steroid dienone is 1. The van der Waals surface area contributed by atoms with Crippen molar-refractivity contribution in [2.24, 2.45) is 10.7 Å². The Morgan fingerprint density at radius 2 is 1.90 bits per heavy atom. The van der Waals surface area contributed by atoms with Gasteiger partial charge >= 0.3 is 0 Å². The molecule has 0 aromatic heterocycles. The lowest BCUT2D eigenvalue weighted by Gasteiger charge is -2.35. The normalized spacial score (nSPS) is 15.4. The first-order chi connectivity index (χ1) is 9.62. The molecule has 5 nitrogen and oxygen atoms in total. The molecule has 104 valence electrons. The number of rotatable bonds is 2. The van der Waals surface area contributed by atoms with Crippen LogP contribution in [0.5, 0.6) is 0 Å². The highest BCUT2D eigenvalue weighted by Gasteiger charge is 2.21. The molecule has 0 atom stereocenters. The van der Waals surface area contributed by atoms with E-state index in [-0.39, 0.29) is 0 Å². The predicted octanol–water partition coefficient (Wildman–Crippen LogP) is 1.44. The summed E-state index contributed by atoms with van der Waals surface area (Å²) in [5.41, 5.74) is 10.0. The van der Waals surface area contributed by atoms with Gasteiger partial charge in [-0.3, -0.25) is 4.99 Å². The lowest BCUT2D eigenvalue weighted by molar-refractivity contribution is 0.797. The van der Waals surface area contributed by atoms with Crippen molar-refractivity contribution in [2.75, 3.05) is 44.0 Å². The van der Waals surface area contributed by atoms with Crippen LogP contribution in [0.2, 0.25) is 0 Å². The summed E-state index contributed by atoms with van der Waals surface area (Å²) in [6.45, 7) is 1.90. The summed E-state index contributed by atoms with van der Waals surface area (Å²) in [7, 11) is 5.79. The van der Waals surface area contributed by atoms with Gasteiger partial charge in [0.15, 0.2) is 0 Å². The zero-order chi connectivity index (χ0) is 14.7. The molecule has 1 heterocycles. The standard InChI is InChI=1S/C15H19N5/c1-18-10-12(9-17)13-7-15-14(6-11(13)8-16)19(2)4-5-20(15)3/h6-7,9-10H,4-5,17H2,1-3H3. The van der Waals surface area contributed by atoms with Crippen LogP contribution >= 0.6 is 0 Å². The van der Waals surface area contributed by atoms with E-state index in [9.17, 15) is 5.26 Å². The Balaban J connectivity index is 2.65. The Morgan fingerprint density at radius 1 is 1.30 bits per heavy atom. The van der Waals surface area contributed by atoms with E-state index in [1.165, 1.54) is 6.20 Å². The monoisotopic (exact) mass is 269 g/mol. The van der Waals surface area contributed by atoms with Crippen molar-refractivity contribution in [3.8, 4) is 6.07 Å². The van der Waals surface area contributed by atoms with Gasteiger partial charge in [-0.2, -0.15) is 5.26 Å². The second-order valence-corrected chi connectivity index (χ2v) is 4.85. The lowest BCUT2D eigenvalue weighted by Crippen LogP contribution is -2.37. The fourth-order valence-corrected chi connectivity index (χ4v) is 2.40. The van der Waals surface area contributed by atoms with Gasteiger partial charge in [0.05, 0.1) is 23.0 Å². The third-order valence-electron chi connectivity index (χ3n) is 3.59. The number of anilines is 2. The number of hydrogen-bond donors (Lipinski definition) is 1. The molecular weight excluding hydrogens is 250 g/mol. The Bertz CT molecular complexity index is 609. The van der Waals surface area contributed by atoms with Crippen molar-refractivity contribution >= 4 is 23.2 Å². The van der Waals surface area contributed by atoms with E-state index in [1.807, 2.05) is 19.2 Å². The summed E-state index contributed by atoms with van der Waals surface area (Å²) >= 11 is 0. The van der Waals surface area contributed by atoms with Crippen LogP contribution in [0.15, 0.2) is 23.3 Å². The summed E-state index contributed by atoms with van der Waals surface area (Å²) in [5, 5.41) is 9.39. The molecule has 0 saturated heterocycles. The van der Waals surface area contributed by atoms with E-state index in [0.717, 1.165) is 35.6 Å². The second kappa shape index (κ2) is 5.66. The number of nitriles is 1. The van der Waals surface area contributed by atoms with Gasteiger partial charge in [-0.1, -0.05) is 0 Å². The highest BCUT2D eigenvalue weighted by Crippen LogP contribution is 2.35. The first-order valence-corrected chi connectivity index (χ1v) is 6.47. The Morgan fingerprint density at radius 3 is 2.40 bits per heavy atom. The molecule has 0 aliphatic carbocycles. The van der Waals surface area contributed by atoms with E-state index in [4.69, 9.17) is 5.73 Å². The fourth-order valence-electron chi connectivity index (χ4n) is 2.40. The maximum atomic E-state index is 9.39. The largest absolute Gasteiger partial charge is 0.404 e. The van der Waals surface area contributed by atoms with Gasteiger partial charge in [0.2, 0.25) is 0 Å². The fraction of sp³-hybridized carbons (Fsp3) is 0.333. The molecule has 0 spiro atoms. The van der Waals surface area contributed by atoms with Crippen molar-refractivity contribution in [3.05, 3.63) is 29.5 Å². The molecule has 2 rings (SSSR count). The summed E-state index contributed by atoms with van der Waals surface area (Å²) in [6.07, 6.45) is 3.16. The molecule has 0 bridgehead atoms. The zero-order valence-electron chi connectivity index (χ0n) is 12.1. The van der Waals surface area contributed by atoms with Crippen LogP contribution in [0.1, 0.15) is 11.1 Å². The minimum atomic E-state index is 0.613. The van der Waals surface area contributed by atoms with Crippen LogP contribution in [0.3, 0.4) is 0 Å². The van der Waals surface area contributed by atoms with E-state index in [0.29, 0.717) is 5.56 Å². The summed E-state index contributed by atoms with van der Waals surface area (Å²) in [6, 6.07) is 6.19. The smallest absolute Gasteiger partial charge is 0.0999 e. The third kappa shape index (κ3) is 2.32. The topological polar surface area (TPSA) is 68.6 Å². The third-order valence-corrected chi connectivity index (χ3v) is 3.59. The molecule has 20 heavy (non-hydrogen) atoms. The average molecular weight is 269 g/mol. The molecule has 1 aromatic carbocycles. The minimum Gasteiger partial charge on any atom is -0.404 e. The minimum absolute atomic E-state index is 0.613. The van der Waals surface area contributed by atoms with Crippen molar-refractivity contribution in [3.63, 3.8) is 0 Å². The van der Waals surface area contributed by atoms with Gasteiger partial charge in [-0.05, 0) is 12.1 Å².